The topological polar surface area (TPSA) is 34.4 Å². The lowest BCUT2D eigenvalue weighted by atomic mass is 10.3. The van der Waals surface area contributed by atoms with Crippen LogP contribution in [-0.2, 0) is 6.54 Å². The van der Waals surface area contributed by atoms with Crippen molar-refractivity contribution < 1.29 is 4.79 Å². The highest BCUT2D eigenvalue weighted by atomic mass is 35.5. The van der Waals surface area contributed by atoms with Crippen molar-refractivity contribution in [2.75, 3.05) is 0 Å². The van der Waals surface area contributed by atoms with Gasteiger partial charge in [-0.05, 0) is 24.3 Å². The molecule has 23 heavy (non-hydrogen) atoms. The molecule has 0 radical (unpaired) electrons. The second kappa shape index (κ2) is 6.68. The van der Waals surface area contributed by atoms with Crippen LogP contribution in [0.2, 0.25) is 14.4 Å². The number of carbonyl (C=O) groups is 1. The van der Waals surface area contributed by atoms with Crippen molar-refractivity contribution in [3.8, 4) is 12.3 Å². The first kappa shape index (κ1) is 16.6. The third-order valence-corrected chi connectivity index (χ3v) is 5.68. The van der Waals surface area contributed by atoms with Crippen molar-refractivity contribution in [3.63, 3.8) is 0 Å². The fraction of sp³-hybridized carbons (Fsp3) is 0.0667. The summed E-state index contributed by atoms with van der Waals surface area (Å²) < 4.78 is 3.07. The first-order valence-corrected chi connectivity index (χ1v) is 9.02. The number of hydrogen-bond acceptors (Lipinski definition) is 3. The van der Waals surface area contributed by atoms with Gasteiger partial charge >= 0.3 is 0 Å². The minimum absolute atomic E-state index is 0.249. The Kier molecular flexibility index (Phi) is 4.81. The van der Waals surface area contributed by atoms with Gasteiger partial charge in [-0.2, -0.15) is 4.99 Å². The summed E-state index contributed by atoms with van der Waals surface area (Å²) in [7, 11) is 0. The molecule has 2 heterocycles. The second-order valence-corrected chi connectivity index (χ2v) is 8.00. The molecule has 0 atom stereocenters. The van der Waals surface area contributed by atoms with Crippen LogP contribution in [0.5, 0.6) is 0 Å². The maximum atomic E-state index is 12.3. The van der Waals surface area contributed by atoms with Gasteiger partial charge in [0.05, 0.1) is 31.0 Å². The Morgan fingerprint density at radius 1 is 1.26 bits per heavy atom. The predicted molar refractivity (Wildman–Crippen MR) is 97.9 cm³/mol. The van der Waals surface area contributed by atoms with E-state index in [1.54, 1.807) is 28.8 Å². The van der Waals surface area contributed by atoms with E-state index in [0.717, 1.165) is 10.2 Å². The lowest BCUT2D eigenvalue weighted by Crippen LogP contribution is -2.16. The molecule has 0 fully saturated rings. The zero-order chi connectivity index (χ0) is 16.6. The summed E-state index contributed by atoms with van der Waals surface area (Å²) >= 11 is 20.6. The van der Waals surface area contributed by atoms with Crippen molar-refractivity contribution >= 4 is 73.6 Å². The molecule has 3 rings (SSSR count). The van der Waals surface area contributed by atoms with E-state index >= 15 is 0 Å². The van der Waals surface area contributed by atoms with Crippen LogP contribution in [0, 0.1) is 12.3 Å². The molecule has 1 aromatic carbocycles. The molecule has 0 N–H and O–H groups in total. The second-order valence-electron chi connectivity index (χ2n) is 4.43. The average Bonchev–Trinajstić information content (AvgIpc) is 3.04. The van der Waals surface area contributed by atoms with E-state index in [4.69, 9.17) is 41.2 Å². The van der Waals surface area contributed by atoms with Gasteiger partial charge in [-0.3, -0.25) is 4.79 Å². The predicted octanol–water partition coefficient (Wildman–Crippen LogP) is 5.10. The average molecular weight is 402 g/mol. The highest BCUT2D eigenvalue weighted by Gasteiger charge is 2.13. The number of rotatable bonds is 2. The number of hydrogen-bond donors (Lipinski definition) is 0. The number of amides is 1. The summed E-state index contributed by atoms with van der Waals surface area (Å²) in [5.74, 6) is 2.18. The Hall–Kier alpha value is -1.29. The Morgan fingerprint density at radius 2 is 2.04 bits per heavy atom. The standard InChI is InChI=1S/C15H7Cl3N2OS2/c1-2-5-20-13-9(17)6-8(16)7-11(13)23-15(20)19-14(21)10-3-4-12(18)22-10/h1,3-4,6-7H,5H2. The van der Waals surface area contributed by atoms with Gasteiger partial charge in [-0.1, -0.05) is 52.1 Å². The van der Waals surface area contributed by atoms with E-state index in [2.05, 4.69) is 10.9 Å². The Labute approximate surface area is 154 Å². The number of benzene rings is 1. The maximum absolute atomic E-state index is 12.3. The van der Waals surface area contributed by atoms with Crippen LogP contribution in [-0.4, -0.2) is 10.5 Å². The summed E-state index contributed by atoms with van der Waals surface area (Å²) in [6.07, 6.45) is 5.43. The molecule has 2 aromatic heterocycles. The zero-order valence-electron chi connectivity index (χ0n) is 11.3. The molecular formula is C15H7Cl3N2OS2. The summed E-state index contributed by atoms with van der Waals surface area (Å²) in [5.41, 5.74) is 0.717. The molecule has 0 bridgehead atoms. The number of thiophene rings is 1. The van der Waals surface area contributed by atoms with E-state index < -0.39 is 0 Å². The molecule has 0 spiro atoms. The van der Waals surface area contributed by atoms with Gasteiger partial charge < -0.3 is 4.57 Å². The largest absolute Gasteiger partial charge is 0.303 e. The van der Waals surface area contributed by atoms with E-state index in [0.29, 0.717) is 24.1 Å². The Morgan fingerprint density at radius 3 is 2.70 bits per heavy atom. The monoisotopic (exact) mass is 400 g/mol. The summed E-state index contributed by atoms with van der Waals surface area (Å²) in [4.78, 5) is 17.4. The van der Waals surface area contributed by atoms with Crippen LogP contribution in [0.4, 0.5) is 0 Å². The molecule has 116 valence electrons. The number of nitrogens with zero attached hydrogens (tertiary/aromatic N) is 2. The minimum Gasteiger partial charge on any atom is -0.303 e. The summed E-state index contributed by atoms with van der Waals surface area (Å²) in [6, 6.07) is 6.70. The molecular weight excluding hydrogens is 395 g/mol. The van der Waals surface area contributed by atoms with Gasteiger partial charge in [0.2, 0.25) is 0 Å². The van der Waals surface area contributed by atoms with Crippen LogP contribution >= 0.6 is 57.5 Å². The quantitative estimate of drug-likeness (QED) is 0.550. The fourth-order valence-corrected chi connectivity index (χ4v) is 4.76. The fourth-order valence-electron chi connectivity index (χ4n) is 2.02. The van der Waals surface area contributed by atoms with Crippen LogP contribution in [0.25, 0.3) is 10.2 Å². The van der Waals surface area contributed by atoms with Gasteiger partial charge in [0.1, 0.15) is 0 Å². The summed E-state index contributed by atoms with van der Waals surface area (Å²) in [5, 5.41) is 0.978. The molecule has 0 aliphatic rings. The van der Waals surface area contributed by atoms with Gasteiger partial charge in [-0.25, -0.2) is 0 Å². The summed E-state index contributed by atoms with van der Waals surface area (Å²) in [6.45, 7) is 0.249. The van der Waals surface area contributed by atoms with E-state index in [-0.39, 0.29) is 12.5 Å². The molecule has 8 heteroatoms. The van der Waals surface area contributed by atoms with E-state index in [9.17, 15) is 4.79 Å². The maximum Gasteiger partial charge on any atom is 0.289 e. The van der Waals surface area contributed by atoms with Crippen LogP contribution in [0.3, 0.4) is 0 Å². The number of carbonyl (C=O) groups excluding carboxylic acids is 1. The van der Waals surface area contributed by atoms with Crippen LogP contribution in [0.15, 0.2) is 29.3 Å². The van der Waals surface area contributed by atoms with Gasteiger partial charge in [0, 0.05) is 5.02 Å². The molecule has 0 aliphatic carbocycles. The number of halogens is 3. The zero-order valence-corrected chi connectivity index (χ0v) is 15.2. The molecule has 1 amide bonds. The van der Waals surface area contributed by atoms with Crippen molar-refractivity contribution in [1.82, 2.24) is 4.57 Å². The first-order chi connectivity index (χ1) is 11.0. The highest BCUT2D eigenvalue weighted by Crippen LogP contribution is 2.30. The minimum atomic E-state index is -0.374. The van der Waals surface area contributed by atoms with Crippen molar-refractivity contribution in [2.45, 2.75) is 6.54 Å². The van der Waals surface area contributed by atoms with Crippen molar-refractivity contribution in [3.05, 3.63) is 48.3 Å². The molecule has 3 nitrogen and oxygen atoms in total. The number of aromatic nitrogens is 1. The normalized spacial score (nSPS) is 11.8. The smallest absolute Gasteiger partial charge is 0.289 e. The molecule has 0 saturated carbocycles. The SMILES string of the molecule is C#CCn1c(=NC(=O)c2ccc(Cl)s2)sc2cc(Cl)cc(Cl)c21. The van der Waals surface area contributed by atoms with Crippen molar-refractivity contribution in [2.24, 2.45) is 4.99 Å². The molecule has 0 aliphatic heterocycles. The number of fused-ring (bicyclic) bond motifs is 1. The van der Waals surface area contributed by atoms with Crippen LogP contribution in [0.1, 0.15) is 9.67 Å². The lowest BCUT2D eigenvalue weighted by Gasteiger charge is -2.02. The Balaban J connectivity index is 2.22. The molecule has 3 aromatic rings. The molecule has 0 saturated heterocycles. The highest BCUT2D eigenvalue weighted by molar-refractivity contribution is 7.18. The third-order valence-electron chi connectivity index (χ3n) is 2.93. The van der Waals surface area contributed by atoms with Crippen molar-refractivity contribution in [1.29, 1.82) is 0 Å². The lowest BCUT2D eigenvalue weighted by molar-refractivity contribution is 0.100. The van der Waals surface area contributed by atoms with Gasteiger partial charge in [-0.15, -0.1) is 17.8 Å². The van der Waals surface area contributed by atoms with E-state index in [1.807, 2.05) is 0 Å². The van der Waals surface area contributed by atoms with Crippen LogP contribution < -0.4 is 4.80 Å². The number of thiazole rings is 1. The van der Waals surface area contributed by atoms with Gasteiger partial charge in [0.25, 0.3) is 5.91 Å². The molecule has 0 unspecified atom stereocenters. The van der Waals surface area contributed by atoms with Gasteiger partial charge in [0.15, 0.2) is 4.80 Å². The third kappa shape index (κ3) is 3.32. The number of terminal acetylenes is 1. The first-order valence-electron chi connectivity index (χ1n) is 6.26. The Bertz CT molecular complexity index is 1020. The van der Waals surface area contributed by atoms with E-state index in [1.165, 1.54) is 22.7 Å².